The third-order valence-corrected chi connectivity index (χ3v) is 5.13. The molecule has 0 bridgehead atoms. The molecule has 4 rings (SSSR count). The zero-order valence-electron chi connectivity index (χ0n) is 17.2. The second kappa shape index (κ2) is 7.12. The molecule has 0 spiro atoms. The van der Waals surface area contributed by atoms with E-state index in [4.69, 9.17) is 25.8 Å². The quantitative estimate of drug-likeness (QED) is 0.526. The first-order chi connectivity index (χ1) is 14.0. The molecule has 162 valence electrons. The molecule has 2 aromatic rings. The molecule has 2 amide bonds. The molecule has 0 saturated carbocycles. The minimum absolute atomic E-state index is 0.205. The molecule has 0 unspecified atom stereocenters. The number of imidazole rings is 1. The number of fused-ring (bicyclic) bond motifs is 2. The van der Waals surface area contributed by atoms with Crippen molar-refractivity contribution in [2.24, 2.45) is 5.41 Å². The summed E-state index contributed by atoms with van der Waals surface area (Å²) >= 11 is 6.09. The average molecular weight is 439 g/mol. The van der Waals surface area contributed by atoms with E-state index < -0.39 is 41.6 Å². The summed E-state index contributed by atoms with van der Waals surface area (Å²) in [5, 5.41) is 0.205. The molecular weight excluding hydrogens is 416 g/mol. The van der Waals surface area contributed by atoms with Gasteiger partial charge in [0.25, 0.3) is 5.91 Å². The zero-order valence-corrected chi connectivity index (χ0v) is 17.9. The second-order valence-electron chi connectivity index (χ2n) is 8.69. The minimum atomic E-state index is -1.03. The number of halogens is 1. The van der Waals surface area contributed by atoms with E-state index in [1.807, 2.05) is 0 Å². The highest BCUT2D eigenvalue weighted by Gasteiger charge is 2.58. The summed E-state index contributed by atoms with van der Waals surface area (Å²) in [7, 11) is 0. The molecule has 2 aromatic heterocycles. The lowest BCUT2D eigenvalue weighted by Crippen LogP contribution is -2.52. The first-order valence-corrected chi connectivity index (χ1v) is 9.80. The summed E-state index contributed by atoms with van der Waals surface area (Å²) in [5.74, 6) is -1.81. The number of aromatic nitrogens is 4. The van der Waals surface area contributed by atoms with Gasteiger partial charge in [0.1, 0.15) is 24.1 Å². The summed E-state index contributed by atoms with van der Waals surface area (Å²) in [6.07, 6.45) is -0.272. The van der Waals surface area contributed by atoms with E-state index in [-0.39, 0.29) is 11.1 Å². The first kappa shape index (κ1) is 20.9. The van der Waals surface area contributed by atoms with E-state index >= 15 is 0 Å². The molecule has 2 aliphatic rings. The molecule has 2 fully saturated rings. The highest BCUT2D eigenvalue weighted by atomic mass is 35.5. The highest BCUT2D eigenvalue weighted by molar-refractivity contribution is 6.33. The van der Waals surface area contributed by atoms with Gasteiger partial charge in [-0.1, -0.05) is 32.4 Å². The number of carbonyl (C=O) groups is 2. The van der Waals surface area contributed by atoms with E-state index in [0.29, 0.717) is 11.2 Å². The molecule has 0 aromatic carbocycles. The van der Waals surface area contributed by atoms with Crippen LogP contribution in [0.5, 0.6) is 0 Å². The van der Waals surface area contributed by atoms with E-state index in [2.05, 4.69) is 25.8 Å². The molecule has 0 radical (unpaired) electrons. The Morgan fingerprint density at radius 3 is 2.53 bits per heavy atom. The Balaban J connectivity index is 1.60. The van der Waals surface area contributed by atoms with Crippen LogP contribution in [0.4, 0.5) is 0 Å². The SMILES string of the molecule is CC1(C)O[C@@H]2[C@H](O1)[C@@H](C(=O)NNC(=O)C(C)(C)C)O[C@@H]2n1cnc2c(Cl)ncnc21. The molecule has 2 saturated heterocycles. The standard InChI is InChI=1S/C18H23ClN6O5/c1-17(2,3)16(27)24-23-14(26)10-9-11(30-18(4,5)29-9)15(28-10)25-7-22-8-12(19)20-6-21-13(8)25/h6-7,9-11,15H,1-5H3,(H,23,26)(H,24,27)/t9-,10+,11-,15+/m1/s1. The van der Waals surface area contributed by atoms with E-state index in [0.717, 1.165) is 0 Å². The Morgan fingerprint density at radius 1 is 1.13 bits per heavy atom. The molecule has 4 heterocycles. The van der Waals surface area contributed by atoms with Crippen LogP contribution >= 0.6 is 11.6 Å². The number of nitrogens with zero attached hydrogens (tertiary/aromatic N) is 4. The van der Waals surface area contributed by atoms with Gasteiger partial charge in [-0.25, -0.2) is 15.0 Å². The van der Waals surface area contributed by atoms with Crippen molar-refractivity contribution in [2.75, 3.05) is 0 Å². The summed E-state index contributed by atoms with van der Waals surface area (Å²) in [5.41, 5.74) is 5.00. The predicted octanol–water partition coefficient (Wildman–Crippen LogP) is 1.09. The van der Waals surface area contributed by atoms with E-state index in [1.54, 1.807) is 39.2 Å². The summed E-state index contributed by atoms with van der Waals surface area (Å²) in [4.78, 5) is 37.3. The van der Waals surface area contributed by atoms with Gasteiger partial charge in [-0.15, -0.1) is 0 Å². The number of nitrogens with one attached hydrogen (secondary N) is 2. The molecule has 4 atom stereocenters. The molecule has 2 aliphatic heterocycles. The summed E-state index contributed by atoms with van der Waals surface area (Å²) in [6.45, 7) is 8.72. The normalized spacial score (nSPS) is 27.8. The van der Waals surface area contributed by atoms with E-state index in [1.165, 1.54) is 12.7 Å². The van der Waals surface area contributed by atoms with Crippen LogP contribution in [0.25, 0.3) is 11.2 Å². The Morgan fingerprint density at radius 2 is 1.83 bits per heavy atom. The van der Waals surface area contributed by atoms with Crippen LogP contribution < -0.4 is 10.9 Å². The van der Waals surface area contributed by atoms with Gasteiger partial charge in [0.2, 0.25) is 5.91 Å². The molecular formula is C18H23ClN6O5. The fourth-order valence-corrected chi connectivity index (χ4v) is 3.58. The van der Waals surface area contributed by atoms with Crippen LogP contribution in [0.1, 0.15) is 40.8 Å². The van der Waals surface area contributed by atoms with Crippen molar-refractivity contribution in [2.45, 2.75) is 64.9 Å². The van der Waals surface area contributed by atoms with Gasteiger partial charge in [0.15, 0.2) is 28.9 Å². The van der Waals surface area contributed by atoms with Crippen LogP contribution in [-0.4, -0.2) is 55.4 Å². The number of carbonyl (C=O) groups excluding carboxylic acids is 2. The van der Waals surface area contributed by atoms with Gasteiger partial charge in [0.05, 0.1) is 6.33 Å². The predicted molar refractivity (Wildman–Crippen MR) is 104 cm³/mol. The molecule has 30 heavy (non-hydrogen) atoms. The first-order valence-electron chi connectivity index (χ1n) is 9.42. The number of amides is 2. The topological polar surface area (TPSA) is 129 Å². The minimum Gasteiger partial charge on any atom is -0.341 e. The lowest BCUT2D eigenvalue weighted by Gasteiger charge is -2.25. The van der Waals surface area contributed by atoms with Crippen molar-refractivity contribution in [3.63, 3.8) is 0 Å². The van der Waals surface area contributed by atoms with Gasteiger partial charge in [0, 0.05) is 5.41 Å². The lowest BCUT2D eigenvalue weighted by atomic mass is 9.96. The van der Waals surface area contributed by atoms with Crippen molar-refractivity contribution in [3.05, 3.63) is 17.8 Å². The largest absolute Gasteiger partial charge is 0.341 e. The Bertz CT molecular complexity index is 1000. The molecule has 11 nitrogen and oxygen atoms in total. The average Bonchev–Trinajstić information content (AvgIpc) is 3.29. The Kier molecular flexibility index (Phi) is 4.96. The fourth-order valence-electron chi connectivity index (χ4n) is 3.40. The summed E-state index contributed by atoms with van der Waals surface area (Å²) in [6, 6.07) is 0. The van der Waals surface area contributed by atoms with Crippen molar-refractivity contribution < 1.29 is 23.8 Å². The highest BCUT2D eigenvalue weighted by Crippen LogP contribution is 2.43. The number of rotatable bonds is 2. The van der Waals surface area contributed by atoms with Crippen LogP contribution in [0, 0.1) is 5.41 Å². The third-order valence-electron chi connectivity index (χ3n) is 4.86. The second-order valence-corrected chi connectivity index (χ2v) is 9.05. The van der Waals surface area contributed by atoms with Gasteiger partial charge in [-0.3, -0.25) is 25.0 Å². The lowest BCUT2D eigenvalue weighted by molar-refractivity contribution is -0.197. The number of hydrogen-bond acceptors (Lipinski definition) is 8. The van der Waals surface area contributed by atoms with Crippen molar-refractivity contribution >= 4 is 34.6 Å². The summed E-state index contributed by atoms with van der Waals surface area (Å²) < 4.78 is 19.6. The Labute approximate surface area is 177 Å². The molecule has 2 N–H and O–H groups in total. The van der Waals surface area contributed by atoms with Crippen LogP contribution in [-0.2, 0) is 23.8 Å². The smallest absolute Gasteiger partial charge is 0.270 e. The van der Waals surface area contributed by atoms with Gasteiger partial charge in [-0.2, -0.15) is 0 Å². The maximum Gasteiger partial charge on any atom is 0.270 e. The van der Waals surface area contributed by atoms with Gasteiger partial charge >= 0.3 is 0 Å². The fraction of sp³-hybridized carbons (Fsp3) is 0.611. The van der Waals surface area contributed by atoms with Crippen LogP contribution in [0.2, 0.25) is 5.15 Å². The van der Waals surface area contributed by atoms with Gasteiger partial charge in [-0.05, 0) is 13.8 Å². The van der Waals surface area contributed by atoms with Crippen LogP contribution in [0.3, 0.4) is 0 Å². The molecule has 12 heteroatoms. The molecule has 0 aliphatic carbocycles. The Hall–Kier alpha value is -2.34. The van der Waals surface area contributed by atoms with Crippen LogP contribution in [0.15, 0.2) is 12.7 Å². The number of hydrogen-bond donors (Lipinski definition) is 2. The number of hydrazine groups is 1. The third kappa shape index (κ3) is 3.62. The van der Waals surface area contributed by atoms with Gasteiger partial charge < -0.3 is 14.2 Å². The van der Waals surface area contributed by atoms with Crippen molar-refractivity contribution in [1.29, 1.82) is 0 Å². The number of ether oxygens (including phenoxy) is 3. The van der Waals surface area contributed by atoms with Crippen molar-refractivity contribution in [1.82, 2.24) is 30.4 Å². The maximum atomic E-state index is 12.8. The maximum absolute atomic E-state index is 12.8. The zero-order chi connectivity index (χ0) is 21.8. The van der Waals surface area contributed by atoms with Crippen molar-refractivity contribution in [3.8, 4) is 0 Å². The monoisotopic (exact) mass is 438 g/mol. The van der Waals surface area contributed by atoms with E-state index in [9.17, 15) is 9.59 Å².